The standard InChI is InChI=1S/3Al.4H2O.4O.3Zr/h;;;4*1H2;;;;;;;/q;;;;;;;4*-2;3*+4/p-4. The van der Waals surface area contributed by atoms with Gasteiger partial charge in [-0.3, -0.25) is 0 Å². The van der Waals surface area contributed by atoms with E-state index in [1.807, 2.05) is 0 Å². The molecule has 0 fully saturated rings. The summed E-state index contributed by atoms with van der Waals surface area (Å²) < 4.78 is 0. The molecule has 8 nitrogen and oxygen atoms in total. The van der Waals surface area contributed by atoms with E-state index in [0.29, 0.717) is 0 Å². The zero-order valence-electron chi connectivity index (χ0n) is 6.65. The molecule has 0 saturated heterocycles. The molecule has 0 rings (SSSR count). The SMILES string of the molecule is [Al].[Al].[Al].[O-2].[O-2].[O-2].[O-2].[OH-].[OH-].[OH-].[OH-].[Zr+4].[Zr+4].[Zr+4]. The molecule has 0 atom stereocenters. The van der Waals surface area contributed by atoms with Gasteiger partial charge in [0.1, 0.15) is 0 Å². The van der Waals surface area contributed by atoms with Gasteiger partial charge in [-0.25, -0.2) is 0 Å². The van der Waals surface area contributed by atoms with E-state index in [2.05, 4.69) is 0 Å². The normalized spacial score (nSPS) is 0. The van der Waals surface area contributed by atoms with E-state index in [1.165, 1.54) is 0 Å². The van der Waals surface area contributed by atoms with Gasteiger partial charge in [-0.05, 0) is 0 Å². The van der Waals surface area contributed by atoms with Gasteiger partial charge in [0.15, 0.2) is 0 Å². The van der Waals surface area contributed by atoms with Crippen LogP contribution < -0.4 is 0 Å². The Kier molecular flexibility index (Phi) is 6630. The molecule has 0 heterocycles. The summed E-state index contributed by atoms with van der Waals surface area (Å²) in [6.45, 7) is 0. The van der Waals surface area contributed by atoms with Crippen molar-refractivity contribution < 1.29 is 122 Å². The molecular formula is H4Al3O8Zr3. The molecule has 4 N–H and O–H groups in total. The van der Waals surface area contributed by atoms with Crippen LogP contribution in [-0.2, 0) is 101 Å². The topological polar surface area (TPSA) is 234 Å². The Morgan fingerprint density at radius 2 is 0.286 bits per heavy atom. The first-order chi connectivity index (χ1) is 0. The van der Waals surface area contributed by atoms with Gasteiger partial charge in [-0.2, -0.15) is 0 Å². The predicted molar refractivity (Wildman–Crippen MR) is 27.8 cm³/mol. The minimum atomic E-state index is 0. The van der Waals surface area contributed by atoms with Gasteiger partial charge >= 0.3 is 78.6 Å². The third-order valence-electron chi connectivity index (χ3n) is 0. The van der Waals surface area contributed by atoms with Gasteiger partial charge in [0.2, 0.25) is 0 Å². The molecule has 0 aliphatic rings. The summed E-state index contributed by atoms with van der Waals surface area (Å²) in [6.07, 6.45) is 0. The minimum absolute atomic E-state index is 0. The van der Waals surface area contributed by atoms with E-state index in [4.69, 9.17) is 0 Å². The van der Waals surface area contributed by atoms with Crippen molar-refractivity contribution in [2.24, 2.45) is 0 Å². The molecule has 0 aromatic heterocycles. The van der Waals surface area contributed by atoms with Gasteiger partial charge in [-0.15, -0.1) is 0 Å². The van der Waals surface area contributed by atoms with Crippen LogP contribution in [0.3, 0.4) is 0 Å². The zero-order valence-corrected chi connectivity index (χ0v) is 17.5. The summed E-state index contributed by atoms with van der Waals surface area (Å²) in [5.41, 5.74) is 0. The van der Waals surface area contributed by atoms with Crippen LogP contribution in [-0.4, -0.2) is 74.0 Å². The van der Waals surface area contributed by atoms with E-state index in [9.17, 15) is 0 Å². The first kappa shape index (κ1) is 333. The van der Waals surface area contributed by atoms with Gasteiger partial charge in [0, 0.05) is 52.1 Å². The molecule has 73 valence electrons. The van der Waals surface area contributed by atoms with E-state index >= 15 is 0 Å². The Bertz CT molecular complexity index is 19.8. The monoisotopic (exact) mass is 483 g/mol. The fraction of sp³-hybridized carbons (Fsp3) is 0. The average molecular weight is 487 g/mol. The minimum Gasteiger partial charge on any atom is -2.00 e. The molecule has 0 bridgehead atoms. The third-order valence-corrected chi connectivity index (χ3v) is 0. The summed E-state index contributed by atoms with van der Waals surface area (Å²) in [5.74, 6) is 0. The van der Waals surface area contributed by atoms with Gasteiger partial charge in [0.05, 0.1) is 0 Å². The number of hydrogen-bond acceptors (Lipinski definition) is 4. The second-order valence-corrected chi connectivity index (χ2v) is 0. The third kappa shape index (κ3) is 230. The Balaban J connectivity index is 0. The first-order valence-electron chi connectivity index (χ1n) is 0. The zero-order chi connectivity index (χ0) is 0. The summed E-state index contributed by atoms with van der Waals surface area (Å²) in [7, 11) is 0. The molecule has 0 aliphatic heterocycles. The number of rotatable bonds is 0. The van der Waals surface area contributed by atoms with E-state index in [-0.39, 0.29) is 175 Å². The predicted octanol–water partition coefficient (Wildman–Crippen LogP) is -2.33. The van der Waals surface area contributed by atoms with E-state index in [1.54, 1.807) is 0 Å². The molecule has 0 unspecified atom stereocenters. The van der Waals surface area contributed by atoms with Crippen molar-refractivity contribution in [1.82, 2.24) is 0 Å². The fourth-order valence-electron chi connectivity index (χ4n) is 0. The van der Waals surface area contributed by atoms with Crippen molar-refractivity contribution in [3.8, 4) is 0 Å². The summed E-state index contributed by atoms with van der Waals surface area (Å²) in [6, 6.07) is 0. The maximum absolute atomic E-state index is 0. The van der Waals surface area contributed by atoms with Crippen LogP contribution >= 0.6 is 0 Å². The summed E-state index contributed by atoms with van der Waals surface area (Å²) in [4.78, 5) is 0. The Morgan fingerprint density at radius 3 is 0.286 bits per heavy atom. The van der Waals surface area contributed by atoms with Crippen LogP contribution in [0.15, 0.2) is 0 Å². The maximum atomic E-state index is 0. The van der Waals surface area contributed by atoms with E-state index < -0.39 is 0 Å². The molecule has 0 amide bonds. The van der Waals surface area contributed by atoms with Crippen molar-refractivity contribution in [3.05, 3.63) is 0 Å². The van der Waals surface area contributed by atoms with Crippen LogP contribution in [0, 0.1) is 0 Å². The molecule has 0 aromatic rings. The van der Waals surface area contributed by atoms with Gasteiger partial charge in [0.25, 0.3) is 0 Å². The van der Waals surface area contributed by atoms with Crippen molar-refractivity contribution in [2.45, 2.75) is 0 Å². The molecule has 14 heavy (non-hydrogen) atoms. The Morgan fingerprint density at radius 1 is 0.286 bits per heavy atom. The molecule has 0 spiro atoms. The van der Waals surface area contributed by atoms with Gasteiger partial charge < -0.3 is 43.8 Å². The van der Waals surface area contributed by atoms with E-state index in [0.717, 1.165) is 0 Å². The van der Waals surface area contributed by atoms with Crippen LogP contribution in [0.1, 0.15) is 0 Å². The van der Waals surface area contributed by atoms with Crippen molar-refractivity contribution in [3.63, 3.8) is 0 Å². The van der Waals surface area contributed by atoms with Gasteiger partial charge in [-0.1, -0.05) is 0 Å². The van der Waals surface area contributed by atoms with Crippen LogP contribution in [0.4, 0.5) is 0 Å². The van der Waals surface area contributed by atoms with Crippen molar-refractivity contribution >= 4 is 52.1 Å². The summed E-state index contributed by atoms with van der Waals surface area (Å²) >= 11 is 0. The van der Waals surface area contributed by atoms with Crippen LogP contribution in [0.2, 0.25) is 0 Å². The van der Waals surface area contributed by atoms with Crippen LogP contribution in [0.5, 0.6) is 0 Å². The van der Waals surface area contributed by atoms with Crippen LogP contribution in [0.25, 0.3) is 0 Å². The smallest absolute Gasteiger partial charge is 2.00 e. The Labute approximate surface area is 172 Å². The van der Waals surface area contributed by atoms with Crippen molar-refractivity contribution in [2.75, 3.05) is 0 Å². The average Bonchev–Trinajstić information content (AvgIpc) is 0. The fourth-order valence-corrected chi connectivity index (χ4v) is 0. The Hall–Kier alpha value is 3.93. The summed E-state index contributed by atoms with van der Waals surface area (Å²) in [5, 5.41) is 0. The second-order valence-electron chi connectivity index (χ2n) is 0. The maximum Gasteiger partial charge on any atom is 4.00 e. The molecule has 0 saturated carbocycles. The largest absolute Gasteiger partial charge is 4.00 e. The molecule has 9 radical (unpaired) electrons. The molecule has 0 aliphatic carbocycles. The first-order valence-corrected chi connectivity index (χ1v) is 0. The van der Waals surface area contributed by atoms with Crippen molar-refractivity contribution in [1.29, 1.82) is 0 Å². The second kappa shape index (κ2) is 278. The molecule has 0 aromatic carbocycles. The molecular weight excluding hydrogens is 483 g/mol. The quantitative estimate of drug-likeness (QED) is 0.342. The molecule has 14 heteroatoms. The number of hydrogen-bond donors (Lipinski definition) is 0.